The predicted octanol–water partition coefficient (Wildman–Crippen LogP) is 3.06. The van der Waals surface area contributed by atoms with E-state index in [1.165, 1.54) is 25.7 Å². The van der Waals surface area contributed by atoms with Gasteiger partial charge in [0.15, 0.2) is 0 Å². The Labute approximate surface area is 126 Å². The zero-order valence-corrected chi connectivity index (χ0v) is 12.6. The Morgan fingerprint density at radius 2 is 1.80 bits per heavy atom. The van der Waals surface area contributed by atoms with Crippen molar-refractivity contribution in [2.75, 3.05) is 13.2 Å². The van der Waals surface area contributed by atoms with Crippen LogP contribution in [0.15, 0.2) is 24.3 Å². The van der Waals surface area contributed by atoms with Crippen LogP contribution in [0.25, 0.3) is 0 Å². The van der Waals surface area contributed by atoms with Gasteiger partial charge in [0.1, 0.15) is 5.75 Å². The van der Waals surface area contributed by atoms with Gasteiger partial charge in [-0.05, 0) is 56.4 Å². The minimum atomic E-state index is 0.425. The highest BCUT2D eigenvalue weighted by Gasteiger charge is 2.38. The molecule has 1 aromatic rings. The number of hydrogen-bond acceptors (Lipinski definition) is 3. The van der Waals surface area contributed by atoms with Gasteiger partial charge in [0.05, 0.1) is 6.61 Å². The first-order chi connectivity index (χ1) is 9.72. The van der Waals surface area contributed by atoms with Gasteiger partial charge >= 0.3 is 0 Å². The van der Waals surface area contributed by atoms with Crippen LogP contribution in [-0.4, -0.2) is 36.2 Å². The number of nitrogens with zero attached hydrogens (tertiary/aromatic N) is 1. The van der Waals surface area contributed by atoms with E-state index >= 15 is 0 Å². The zero-order valence-electron chi connectivity index (χ0n) is 11.8. The smallest absolute Gasteiger partial charge is 0.119 e. The van der Waals surface area contributed by atoms with E-state index in [1.54, 1.807) is 0 Å². The van der Waals surface area contributed by atoms with Gasteiger partial charge in [0.25, 0.3) is 0 Å². The van der Waals surface area contributed by atoms with Crippen molar-refractivity contribution in [3.8, 4) is 5.75 Å². The van der Waals surface area contributed by atoms with Crippen molar-refractivity contribution in [2.45, 2.75) is 50.2 Å². The number of hydrogen-bond donors (Lipinski definition) is 1. The molecule has 0 saturated carbocycles. The molecule has 2 N–H and O–H groups in total. The highest BCUT2D eigenvalue weighted by atomic mass is 35.5. The van der Waals surface area contributed by atoms with Crippen LogP contribution in [-0.2, 0) is 0 Å². The molecule has 2 fully saturated rings. The van der Waals surface area contributed by atoms with Gasteiger partial charge in [-0.3, -0.25) is 4.90 Å². The van der Waals surface area contributed by atoms with Gasteiger partial charge in [0, 0.05) is 29.7 Å². The lowest BCUT2D eigenvalue weighted by atomic mass is 9.98. The molecule has 1 aromatic carbocycles. The largest absolute Gasteiger partial charge is 0.494 e. The van der Waals surface area contributed by atoms with Crippen LogP contribution in [0.5, 0.6) is 5.75 Å². The summed E-state index contributed by atoms with van der Waals surface area (Å²) in [7, 11) is 0. The van der Waals surface area contributed by atoms with Gasteiger partial charge in [-0.25, -0.2) is 0 Å². The fourth-order valence-corrected chi connectivity index (χ4v) is 3.78. The summed E-state index contributed by atoms with van der Waals surface area (Å²) in [5.74, 6) is 0.901. The molecule has 3 nitrogen and oxygen atoms in total. The summed E-state index contributed by atoms with van der Waals surface area (Å²) >= 11 is 5.85. The third kappa shape index (κ3) is 3.27. The second-order valence-electron chi connectivity index (χ2n) is 6.01. The highest BCUT2D eigenvalue weighted by Crippen LogP contribution is 2.34. The van der Waals surface area contributed by atoms with Crippen LogP contribution in [0.2, 0.25) is 5.02 Å². The van der Waals surface area contributed by atoms with Crippen molar-refractivity contribution in [1.82, 2.24) is 4.90 Å². The average molecular weight is 295 g/mol. The molecule has 3 atom stereocenters. The summed E-state index contributed by atoms with van der Waals surface area (Å²) < 4.78 is 5.75. The summed E-state index contributed by atoms with van der Waals surface area (Å²) in [6.07, 6.45) is 6.08. The molecule has 2 bridgehead atoms. The quantitative estimate of drug-likeness (QED) is 0.848. The first kappa shape index (κ1) is 14.2. The van der Waals surface area contributed by atoms with Crippen molar-refractivity contribution in [3.63, 3.8) is 0 Å². The summed E-state index contributed by atoms with van der Waals surface area (Å²) in [6.45, 7) is 1.90. The predicted molar refractivity (Wildman–Crippen MR) is 82.3 cm³/mol. The minimum absolute atomic E-state index is 0.425. The molecule has 20 heavy (non-hydrogen) atoms. The number of fused-ring (bicyclic) bond motifs is 2. The third-order valence-electron chi connectivity index (χ3n) is 4.56. The minimum Gasteiger partial charge on any atom is -0.494 e. The Morgan fingerprint density at radius 1 is 1.15 bits per heavy atom. The Hall–Kier alpha value is -0.770. The highest BCUT2D eigenvalue weighted by molar-refractivity contribution is 6.30. The molecule has 110 valence electrons. The van der Waals surface area contributed by atoms with Gasteiger partial charge in [-0.1, -0.05) is 11.6 Å². The number of rotatable bonds is 5. The van der Waals surface area contributed by atoms with Crippen LogP contribution in [0, 0.1) is 0 Å². The van der Waals surface area contributed by atoms with Crippen LogP contribution in [0.3, 0.4) is 0 Å². The SMILES string of the molecule is N[C@H]1C[C@H]2CC[C@@H](C1)N2CCCOc1ccc(Cl)cc1. The second-order valence-corrected chi connectivity index (χ2v) is 6.45. The molecule has 2 saturated heterocycles. The summed E-state index contributed by atoms with van der Waals surface area (Å²) in [5.41, 5.74) is 6.10. The van der Waals surface area contributed by atoms with E-state index in [0.717, 1.165) is 42.4 Å². The van der Waals surface area contributed by atoms with Crippen LogP contribution >= 0.6 is 11.6 Å². The number of piperidine rings is 1. The van der Waals surface area contributed by atoms with Gasteiger partial charge in [-0.15, -0.1) is 0 Å². The molecule has 2 heterocycles. The molecule has 0 amide bonds. The van der Waals surface area contributed by atoms with Gasteiger partial charge in [-0.2, -0.15) is 0 Å². The third-order valence-corrected chi connectivity index (χ3v) is 4.82. The lowest BCUT2D eigenvalue weighted by Crippen LogP contribution is -2.47. The monoisotopic (exact) mass is 294 g/mol. The van der Waals surface area contributed by atoms with Crippen LogP contribution < -0.4 is 10.5 Å². The Balaban J connectivity index is 1.41. The molecular formula is C16H23ClN2O. The van der Waals surface area contributed by atoms with Gasteiger partial charge < -0.3 is 10.5 Å². The molecule has 0 unspecified atom stereocenters. The lowest BCUT2D eigenvalue weighted by Gasteiger charge is -2.37. The van der Waals surface area contributed by atoms with E-state index in [9.17, 15) is 0 Å². The lowest BCUT2D eigenvalue weighted by molar-refractivity contribution is 0.119. The number of ether oxygens (including phenoxy) is 1. The summed E-state index contributed by atoms with van der Waals surface area (Å²) in [4.78, 5) is 2.66. The molecule has 4 heteroatoms. The van der Waals surface area contributed by atoms with Crippen molar-refractivity contribution in [2.24, 2.45) is 5.73 Å². The summed E-state index contributed by atoms with van der Waals surface area (Å²) in [6, 6.07) is 9.44. The number of nitrogens with two attached hydrogens (primary N) is 1. The average Bonchev–Trinajstić information content (AvgIpc) is 2.67. The fourth-order valence-electron chi connectivity index (χ4n) is 3.65. The van der Waals surface area contributed by atoms with E-state index in [1.807, 2.05) is 24.3 Å². The van der Waals surface area contributed by atoms with E-state index in [2.05, 4.69) is 4.90 Å². The van der Waals surface area contributed by atoms with Crippen molar-refractivity contribution in [3.05, 3.63) is 29.3 Å². The topological polar surface area (TPSA) is 38.5 Å². The maximum Gasteiger partial charge on any atom is 0.119 e. The Kier molecular flexibility index (Phi) is 4.49. The molecule has 0 spiro atoms. The van der Waals surface area contributed by atoms with Crippen LogP contribution in [0.1, 0.15) is 32.1 Å². The molecular weight excluding hydrogens is 272 g/mol. The molecule has 2 aliphatic heterocycles. The molecule has 0 aliphatic carbocycles. The fraction of sp³-hybridized carbons (Fsp3) is 0.625. The first-order valence-electron chi connectivity index (χ1n) is 7.62. The van der Waals surface area contributed by atoms with E-state index in [0.29, 0.717) is 6.04 Å². The number of benzene rings is 1. The molecule has 3 rings (SSSR count). The standard InChI is InChI=1S/C16H23ClN2O/c17-12-2-6-16(7-3-12)20-9-1-8-19-14-4-5-15(19)11-13(18)10-14/h2-3,6-7,13-15H,1,4-5,8-11,18H2/t13-,14+,15-. The van der Waals surface area contributed by atoms with Crippen molar-refractivity contribution in [1.29, 1.82) is 0 Å². The van der Waals surface area contributed by atoms with Crippen LogP contribution in [0.4, 0.5) is 0 Å². The van der Waals surface area contributed by atoms with E-state index in [-0.39, 0.29) is 0 Å². The molecule has 0 radical (unpaired) electrons. The maximum absolute atomic E-state index is 6.10. The first-order valence-corrected chi connectivity index (χ1v) is 8.00. The Morgan fingerprint density at radius 3 is 2.45 bits per heavy atom. The van der Waals surface area contributed by atoms with E-state index in [4.69, 9.17) is 22.1 Å². The zero-order chi connectivity index (χ0) is 13.9. The van der Waals surface area contributed by atoms with E-state index < -0.39 is 0 Å². The van der Waals surface area contributed by atoms with Gasteiger partial charge in [0.2, 0.25) is 0 Å². The second kappa shape index (κ2) is 6.33. The summed E-state index contributed by atoms with van der Waals surface area (Å²) in [5, 5.41) is 0.749. The number of halogens is 1. The van der Waals surface area contributed by atoms with Crippen molar-refractivity contribution < 1.29 is 4.74 Å². The normalized spacial score (nSPS) is 29.6. The van der Waals surface area contributed by atoms with Crippen molar-refractivity contribution >= 4 is 11.6 Å². The molecule has 0 aromatic heterocycles. The molecule has 2 aliphatic rings. The Bertz CT molecular complexity index is 423. The maximum atomic E-state index is 6.10.